The zero-order valence-electron chi connectivity index (χ0n) is 12.5. The molecular weight excluding hydrogens is 335 g/mol. The normalized spacial score (nSPS) is 9.76. The molecule has 0 amide bonds. The lowest BCUT2D eigenvalue weighted by atomic mass is 10.2. The molecule has 0 heterocycles. The number of carbonyl (C=O) groups excluding carboxylic acids is 2. The van der Waals surface area contributed by atoms with Gasteiger partial charge in [0.1, 0.15) is 0 Å². The van der Waals surface area contributed by atoms with Crippen molar-refractivity contribution < 1.29 is 28.7 Å². The Morgan fingerprint density at radius 2 is 1.20 bits per heavy atom. The van der Waals surface area contributed by atoms with Crippen molar-refractivity contribution in [1.82, 2.24) is 0 Å². The summed E-state index contributed by atoms with van der Waals surface area (Å²) < 4.78 is 9.39. The number of rotatable bonds is 6. The fraction of sp³-hybridized carbons (Fsp3) is 0. The molecule has 0 fully saturated rings. The summed E-state index contributed by atoms with van der Waals surface area (Å²) in [5.74, 6) is -1.84. The summed E-state index contributed by atoms with van der Waals surface area (Å²) in [4.78, 5) is 43.5. The van der Waals surface area contributed by atoms with E-state index >= 15 is 0 Å². The number of non-ortho nitro benzene ring substituents is 2. The van der Waals surface area contributed by atoms with E-state index in [4.69, 9.17) is 9.31 Å². The van der Waals surface area contributed by atoms with Crippen molar-refractivity contribution in [3.05, 3.63) is 79.9 Å². The van der Waals surface area contributed by atoms with Gasteiger partial charge in [-0.1, -0.05) is 12.1 Å². The highest BCUT2D eigenvalue weighted by atomic mass is 16.6. The minimum atomic E-state index is -0.921. The van der Waals surface area contributed by atoms with Gasteiger partial charge in [0.05, 0.1) is 21.0 Å². The third-order valence-electron chi connectivity index (χ3n) is 2.97. The van der Waals surface area contributed by atoms with Gasteiger partial charge in [-0.2, -0.15) is 0 Å². The second-order valence-corrected chi connectivity index (χ2v) is 4.60. The summed E-state index contributed by atoms with van der Waals surface area (Å²) in [6.07, 6.45) is 0. The molecule has 0 N–H and O–H groups in total. The molecule has 0 spiro atoms. The van der Waals surface area contributed by atoms with E-state index in [0.717, 1.165) is 12.1 Å². The standard InChI is InChI=1S/C14H9BN2O8/c18-13(9-3-1-5-11(7-9)16(20)21)24-15-25-14(19)10-4-2-6-12(8-10)17(22)23/h1-8,15H. The third-order valence-corrected chi connectivity index (χ3v) is 2.97. The maximum Gasteiger partial charge on any atom is 0.580 e. The van der Waals surface area contributed by atoms with Crippen molar-refractivity contribution in [2.45, 2.75) is 0 Å². The van der Waals surface area contributed by atoms with E-state index in [1.54, 1.807) is 0 Å². The first-order chi connectivity index (χ1) is 11.9. The lowest BCUT2D eigenvalue weighted by molar-refractivity contribution is -0.385. The molecular formula is C14H9BN2O8. The van der Waals surface area contributed by atoms with Gasteiger partial charge >= 0.3 is 19.6 Å². The Kier molecular flexibility index (Phi) is 5.41. The fourth-order valence-corrected chi connectivity index (χ4v) is 1.80. The zero-order valence-corrected chi connectivity index (χ0v) is 12.5. The SMILES string of the molecule is O=C(OBOC(=O)c1cccc([N+](=O)[O-])c1)c1cccc([N+](=O)[O-])c1. The molecule has 0 aliphatic rings. The summed E-state index contributed by atoms with van der Waals surface area (Å²) in [6, 6.07) is 9.68. The molecule has 11 heteroatoms. The average Bonchev–Trinajstić information content (AvgIpc) is 2.61. The minimum absolute atomic E-state index is 0.0828. The topological polar surface area (TPSA) is 139 Å². The predicted octanol–water partition coefficient (Wildman–Crippen LogP) is 1.78. The molecule has 126 valence electrons. The van der Waals surface area contributed by atoms with Crippen LogP contribution >= 0.6 is 0 Å². The van der Waals surface area contributed by atoms with Crippen LogP contribution in [0.5, 0.6) is 0 Å². The van der Waals surface area contributed by atoms with Crippen LogP contribution in [0.25, 0.3) is 0 Å². The Labute approximate surface area is 140 Å². The van der Waals surface area contributed by atoms with Gasteiger partial charge in [-0.05, 0) is 12.1 Å². The molecule has 0 saturated heterocycles. The average molecular weight is 344 g/mol. The number of nitro benzene ring substituents is 2. The van der Waals surface area contributed by atoms with Gasteiger partial charge in [0, 0.05) is 24.3 Å². The molecule has 0 unspecified atom stereocenters. The van der Waals surface area contributed by atoms with Crippen LogP contribution in [0.2, 0.25) is 0 Å². The highest BCUT2D eigenvalue weighted by Gasteiger charge is 2.16. The van der Waals surface area contributed by atoms with Gasteiger partial charge in [-0.15, -0.1) is 0 Å². The second kappa shape index (κ2) is 7.68. The molecule has 10 nitrogen and oxygen atoms in total. The predicted molar refractivity (Wildman–Crippen MR) is 84.2 cm³/mol. The van der Waals surface area contributed by atoms with E-state index in [1.807, 2.05) is 0 Å². The number of nitro groups is 2. The smallest absolute Gasteiger partial charge is 0.498 e. The first-order valence-corrected chi connectivity index (χ1v) is 6.71. The van der Waals surface area contributed by atoms with Crippen molar-refractivity contribution >= 4 is 31.0 Å². The summed E-state index contributed by atoms with van der Waals surface area (Å²) in [7, 11) is -0.747. The van der Waals surface area contributed by atoms with Crippen molar-refractivity contribution in [2.24, 2.45) is 0 Å². The third kappa shape index (κ3) is 4.61. The van der Waals surface area contributed by atoms with E-state index < -0.39 is 29.5 Å². The molecule has 0 atom stereocenters. The van der Waals surface area contributed by atoms with Crippen molar-refractivity contribution in [3.63, 3.8) is 0 Å². The molecule has 2 rings (SSSR count). The molecule has 0 aliphatic carbocycles. The highest BCUT2D eigenvalue weighted by Crippen LogP contribution is 2.15. The zero-order chi connectivity index (χ0) is 18.4. The molecule has 0 aliphatic heterocycles. The minimum Gasteiger partial charge on any atom is -0.498 e. The second-order valence-electron chi connectivity index (χ2n) is 4.60. The number of nitrogens with zero attached hydrogens (tertiary/aromatic N) is 2. The number of benzene rings is 2. The van der Waals surface area contributed by atoms with Crippen LogP contribution in [-0.2, 0) is 9.31 Å². The van der Waals surface area contributed by atoms with Gasteiger partial charge < -0.3 is 9.31 Å². The number of carbonyl (C=O) groups is 2. The molecule has 25 heavy (non-hydrogen) atoms. The van der Waals surface area contributed by atoms with Crippen LogP contribution in [-0.4, -0.2) is 29.5 Å². The van der Waals surface area contributed by atoms with Crippen LogP contribution < -0.4 is 0 Å². The Morgan fingerprint density at radius 1 is 0.800 bits per heavy atom. The summed E-state index contributed by atoms with van der Waals surface area (Å²) in [5.41, 5.74) is -0.743. The van der Waals surface area contributed by atoms with Gasteiger partial charge in [0.15, 0.2) is 0 Å². The van der Waals surface area contributed by atoms with E-state index in [0.29, 0.717) is 0 Å². The van der Waals surface area contributed by atoms with Gasteiger partial charge in [0.25, 0.3) is 11.4 Å². The van der Waals surface area contributed by atoms with Gasteiger partial charge in [0.2, 0.25) is 0 Å². The first-order valence-electron chi connectivity index (χ1n) is 6.71. The Balaban J connectivity index is 1.94. The van der Waals surface area contributed by atoms with Crippen molar-refractivity contribution in [1.29, 1.82) is 0 Å². The van der Waals surface area contributed by atoms with Crippen LogP contribution in [0.15, 0.2) is 48.5 Å². The number of hydrogen-bond donors (Lipinski definition) is 0. The molecule has 2 aromatic carbocycles. The first kappa shape index (κ1) is 17.6. The maximum atomic E-state index is 11.8. The van der Waals surface area contributed by atoms with E-state index in [9.17, 15) is 29.8 Å². The lowest BCUT2D eigenvalue weighted by Gasteiger charge is -2.05. The van der Waals surface area contributed by atoms with Crippen LogP contribution in [0, 0.1) is 20.2 Å². The summed E-state index contributed by atoms with van der Waals surface area (Å²) in [5, 5.41) is 21.3. The molecule has 0 bridgehead atoms. The summed E-state index contributed by atoms with van der Waals surface area (Å²) in [6.45, 7) is 0. The number of hydrogen-bond acceptors (Lipinski definition) is 8. The Morgan fingerprint density at radius 3 is 1.56 bits per heavy atom. The van der Waals surface area contributed by atoms with E-state index in [-0.39, 0.29) is 22.5 Å². The fourth-order valence-electron chi connectivity index (χ4n) is 1.80. The van der Waals surface area contributed by atoms with Crippen molar-refractivity contribution in [3.8, 4) is 0 Å². The van der Waals surface area contributed by atoms with Crippen LogP contribution in [0.3, 0.4) is 0 Å². The maximum absolute atomic E-state index is 11.8. The largest absolute Gasteiger partial charge is 0.580 e. The Hall–Kier alpha value is -3.76. The van der Waals surface area contributed by atoms with Crippen LogP contribution in [0.1, 0.15) is 20.7 Å². The molecule has 0 aromatic heterocycles. The van der Waals surface area contributed by atoms with Crippen molar-refractivity contribution in [2.75, 3.05) is 0 Å². The summed E-state index contributed by atoms with van der Waals surface area (Å²) >= 11 is 0. The van der Waals surface area contributed by atoms with Gasteiger partial charge in [-0.3, -0.25) is 20.2 Å². The monoisotopic (exact) mass is 344 g/mol. The van der Waals surface area contributed by atoms with Crippen LogP contribution in [0.4, 0.5) is 11.4 Å². The molecule has 2 aromatic rings. The van der Waals surface area contributed by atoms with E-state index in [1.165, 1.54) is 36.4 Å². The molecule has 0 radical (unpaired) electrons. The highest BCUT2D eigenvalue weighted by molar-refractivity contribution is 6.28. The Bertz CT molecular complexity index is 785. The quantitative estimate of drug-likeness (QED) is 0.439. The van der Waals surface area contributed by atoms with E-state index in [2.05, 4.69) is 0 Å². The molecule has 0 saturated carbocycles. The van der Waals surface area contributed by atoms with Gasteiger partial charge in [-0.25, -0.2) is 9.59 Å². The lowest BCUT2D eigenvalue weighted by Crippen LogP contribution is -2.16.